The summed E-state index contributed by atoms with van der Waals surface area (Å²) in [7, 11) is 5.13. The summed E-state index contributed by atoms with van der Waals surface area (Å²) in [4.78, 5) is 21.9. The van der Waals surface area contributed by atoms with Crippen LogP contribution in [0.15, 0.2) is 54.6 Å². The fraction of sp³-hybridized carbons (Fsp3) is 0.400. The smallest absolute Gasteiger partial charge is 0.311 e. The van der Waals surface area contributed by atoms with Gasteiger partial charge in [-0.25, -0.2) is 4.98 Å². The number of carbonyl (C=O) groups is 1. The van der Waals surface area contributed by atoms with Crippen LogP contribution in [0.5, 0.6) is 11.6 Å². The predicted molar refractivity (Wildman–Crippen MR) is 197 cm³/mol. The summed E-state index contributed by atoms with van der Waals surface area (Å²) < 4.78 is 22.3. The molecule has 0 radical (unpaired) electrons. The van der Waals surface area contributed by atoms with Crippen molar-refractivity contribution in [3.05, 3.63) is 86.9 Å². The van der Waals surface area contributed by atoms with Gasteiger partial charge in [0.25, 0.3) is 0 Å². The zero-order chi connectivity index (χ0) is 34.9. The maximum Gasteiger partial charge on any atom is 0.311 e. The van der Waals surface area contributed by atoms with E-state index in [-0.39, 0.29) is 17.9 Å². The summed E-state index contributed by atoms with van der Waals surface area (Å²) in [5.41, 5.74) is 9.96. The molecule has 0 N–H and O–H groups in total. The average Bonchev–Trinajstić information content (AvgIpc) is 3.53. The van der Waals surface area contributed by atoms with Gasteiger partial charge in [-0.3, -0.25) is 14.6 Å². The first-order chi connectivity index (χ1) is 24.3. The number of nitrogens with zero attached hydrogens (tertiary/aromatic N) is 3. The standard InChI is InChI=1S/C40H43Cl2N3O5/c1-5-50-40(46)27-22-45(23-27)34-13-12-24-18-25(20-35(48-3)36(24)34)28-8-6-9-30(37(28)41)31-10-7-11-32(38(31)42)33-19-26-21-44(16-17-47-2)15-14-29(26)39(43-33)49-4/h6-11,18-20,27,34H,5,12-17,21-23H2,1-4H3. The first-order valence-electron chi connectivity index (χ1n) is 17.3. The van der Waals surface area contributed by atoms with Gasteiger partial charge in [0.05, 0.1) is 49.1 Å². The van der Waals surface area contributed by atoms with Crippen LogP contribution in [0.1, 0.15) is 41.6 Å². The number of ether oxygens (including phenoxy) is 4. The minimum atomic E-state index is -0.104. The molecule has 0 spiro atoms. The predicted octanol–water partition coefficient (Wildman–Crippen LogP) is 7.89. The third kappa shape index (κ3) is 6.48. The lowest BCUT2D eigenvalue weighted by molar-refractivity contribution is -0.155. The van der Waals surface area contributed by atoms with Crippen LogP contribution in [0.4, 0.5) is 0 Å². The average molecular weight is 717 g/mol. The highest BCUT2D eigenvalue weighted by molar-refractivity contribution is 6.39. The van der Waals surface area contributed by atoms with Crippen molar-refractivity contribution < 1.29 is 23.7 Å². The van der Waals surface area contributed by atoms with E-state index in [9.17, 15) is 4.79 Å². The molecule has 0 bridgehead atoms. The Kier molecular flexibility index (Phi) is 10.4. The number of halogens is 2. The van der Waals surface area contributed by atoms with Gasteiger partial charge in [-0.15, -0.1) is 0 Å². The molecule has 2 aliphatic heterocycles. The van der Waals surface area contributed by atoms with Crippen LogP contribution in [0.3, 0.4) is 0 Å². The number of hydrogen-bond acceptors (Lipinski definition) is 8. The van der Waals surface area contributed by atoms with Gasteiger partial charge in [0.15, 0.2) is 0 Å². The van der Waals surface area contributed by atoms with Crippen LogP contribution >= 0.6 is 23.2 Å². The molecule has 3 heterocycles. The molecule has 1 unspecified atom stereocenters. The summed E-state index contributed by atoms with van der Waals surface area (Å²) in [6.07, 6.45) is 2.78. The number of rotatable bonds is 11. The van der Waals surface area contributed by atoms with E-state index in [1.165, 1.54) is 16.7 Å². The molecule has 4 aromatic rings. The summed E-state index contributed by atoms with van der Waals surface area (Å²) >= 11 is 14.5. The molecule has 8 nitrogen and oxygen atoms in total. The van der Waals surface area contributed by atoms with Crippen LogP contribution in [-0.2, 0) is 33.7 Å². The van der Waals surface area contributed by atoms with Gasteiger partial charge >= 0.3 is 5.97 Å². The van der Waals surface area contributed by atoms with E-state index in [4.69, 9.17) is 47.1 Å². The molecule has 1 aliphatic carbocycles. The van der Waals surface area contributed by atoms with Crippen LogP contribution < -0.4 is 9.47 Å². The van der Waals surface area contributed by atoms with E-state index in [0.29, 0.717) is 42.2 Å². The number of carbonyl (C=O) groups excluding carboxylic acids is 1. The molecule has 1 aromatic heterocycles. The molecule has 7 rings (SSSR count). The summed E-state index contributed by atoms with van der Waals surface area (Å²) in [5.74, 6) is 1.33. The maximum atomic E-state index is 12.2. The number of benzene rings is 3. The van der Waals surface area contributed by atoms with E-state index in [0.717, 1.165) is 83.7 Å². The van der Waals surface area contributed by atoms with Crippen molar-refractivity contribution in [1.29, 1.82) is 0 Å². The molecular formula is C40H43Cl2N3O5. The minimum Gasteiger partial charge on any atom is -0.496 e. The second-order valence-corrected chi connectivity index (χ2v) is 14.0. The van der Waals surface area contributed by atoms with Gasteiger partial charge < -0.3 is 18.9 Å². The molecule has 3 aromatic carbocycles. The van der Waals surface area contributed by atoms with Crippen LogP contribution in [0, 0.1) is 5.92 Å². The van der Waals surface area contributed by atoms with Gasteiger partial charge in [0.1, 0.15) is 5.75 Å². The zero-order valence-electron chi connectivity index (χ0n) is 29.1. The van der Waals surface area contributed by atoms with E-state index in [2.05, 4.69) is 28.0 Å². The van der Waals surface area contributed by atoms with Gasteiger partial charge in [-0.1, -0.05) is 65.7 Å². The van der Waals surface area contributed by atoms with E-state index < -0.39 is 0 Å². The number of aromatic nitrogens is 1. The van der Waals surface area contributed by atoms with Crippen molar-refractivity contribution >= 4 is 29.2 Å². The first kappa shape index (κ1) is 34.8. The Hall–Kier alpha value is -3.66. The highest BCUT2D eigenvalue weighted by Gasteiger charge is 2.41. The minimum absolute atomic E-state index is 0.0577. The van der Waals surface area contributed by atoms with E-state index in [1.54, 1.807) is 21.3 Å². The lowest BCUT2D eigenvalue weighted by Crippen LogP contribution is -2.51. The Morgan fingerprint density at radius 1 is 0.900 bits per heavy atom. The lowest BCUT2D eigenvalue weighted by atomic mass is 9.92. The number of aryl methyl sites for hydroxylation is 1. The number of esters is 1. The van der Waals surface area contributed by atoms with Crippen molar-refractivity contribution in [3.8, 4) is 45.1 Å². The zero-order valence-corrected chi connectivity index (χ0v) is 30.6. The van der Waals surface area contributed by atoms with Crippen molar-refractivity contribution in [3.63, 3.8) is 0 Å². The number of fused-ring (bicyclic) bond motifs is 2. The van der Waals surface area contributed by atoms with Gasteiger partial charge in [0, 0.05) is 79.3 Å². The molecular weight excluding hydrogens is 673 g/mol. The third-order valence-corrected chi connectivity index (χ3v) is 11.2. The quantitative estimate of drug-likeness (QED) is 0.145. The molecule has 50 heavy (non-hydrogen) atoms. The number of methoxy groups -OCH3 is 3. The third-order valence-electron chi connectivity index (χ3n) is 10.4. The molecule has 1 saturated heterocycles. The SMILES string of the molecule is CCOC(=O)C1CN(C2CCc3cc(-c4cccc(-c5cccc(-c6cc7c(c(OC)n6)CCN(CCOC)C7)c5Cl)c4Cl)cc(OC)c32)C1. The lowest BCUT2D eigenvalue weighted by Gasteiger charge is -2.42. The largest absolute Gasteiger partial charge is 0.496 e. The molecule has 1 fully saturated rings. The molecule has 262 valence electrons. The Balaban J connectivity index is 1.19. The summed E-state index contributed by atoms with van der Waals surface area (Å²) in [6, 6.07) is 18.8. The molecule has 0 saturated carbocycles. The maximum absolute atomic E-state index is 12.2. The number of likely N-dealkylation sites (tertiary alicyclic amines) is 1. The number of hydrogen-bond donors (Lipinski definition) is 0. The van der Waals surface area contributed by atoms with Gasteiger partial charge in [0.2, 0.25) is 5.88 Å². The van der Waals surface area contributed by atoms with Gasteiger partial charge in [-0.2, -0.15) is 0 Å². The van der Waals surface area contributed by atoms with Crippen LogP contribution in [0.2, 0.25) is 10.0 Å². The normalized spacial score (nSPS) is 17.6. The van der Waals surface area contributed by atoms with Crippen molar-refractivity contribution in [2.24, 2.45) is 5.92 Å². The fourth-order valence-corrected chi connectivity index (χ4v) is 8.45. The van der Waals surface area contributed by atoms with Crippen LogP contribution in [0.25, 0.3) is 33.5 Å². The summed E-state index contributed by atoms with van der Waals surface area (Å²) in [6.45, 7) is 6.97. The molecule has 1 atom stereocenters. The monoisotopic (exact) mass is 715 g/mol. The van der Waals surface area contributed by atoms with Crippen molar-refractivity contribution in [2.75, 3.05) is 60.7 Å². The Bertz CT molecular complexity index is 1910. The van der Waals surface area contributed by atoms with Crippen LogP contribution in [-0.4, -0.2) is 81.5 Å². The Morgan fingerprint density at radius 2 is 1.62 bits per heavy atom. The summed E-state index contributed by atoms with van der Waals surface area (Å²) in [5, 5.41) is 1.20. The Morgan fingerprint density at radius 3 is 2.32 bits per heavy atom. The molecule has 10 heteroatoms. The van der Waals surface area contributed by atoms with Crippen molar-refractivity contribution in [1.82, 2.24) is 14.8 Å². The Labute approximate surface area is 304 Å². The number of pyridine rings is 1. The highest BCUT2D eigenvalue weighted by atomic mass is 35.5. The molecule has 0 amide bonds. The van der Waals surface area contributed by atoms with E-state index in [1.807, 2.05) is 43.3 Å². The topological polar surface area (TPSA) is 73.4 Å². The second kappa shape index (κ2) is 14.9. The van der Waals surface area contributed by atoms with Crippen molar-refractivity contribution in [2.45, 2.75) is 38.8 Å². The second-order valence-electron chi connectivity index (χ2n) is 13.2. The first-order valence-corrected chi connectivity index (χ1v) is 18.1. The fourth-order valence-electron chi connectivity index (χ4n) is 7.79. The van der Waals surface area contributed by atoms with Gasteiger partial charge in [-0.05, 0) is 55.0 Å². The van der Waals surface area contributed by atoms with E-state index >= 15 is 0 Å². The highest BCUT2D eigenvalue weighted by Crippen LogP contribution is 2.48. The molecule has 3 aliphatic rings.